The Balaban J connectivity index is 0.000000696. The molecular formula is C34H52FeN4P2. The molecule has 4 aliphatic rings. The molecule has 4 N–H and O–H groups in total. The molecule has 2 aliphatic heterocycles. The van der Waals surface area contributed by atoms with Crippen molar-refractivity contribution in [3.63, 3.8) is 0 Å². The summed E-state index contributed by atoms with van der Waals surface area (Å²) in [5.41, 5.74) is 5.71. The van der Waals surface area contributed by atoms with Gasteiger partial charge in [-0.15, -0.1) is 45.5 Å². The Morgan fingerprint density at radius 2 is 1.44 bits per heavy atom. The van der Waals surface area contributed by atoms with Crippen LogP contribution in [0.1, 0.15) is 41.5 Å². The molecule has 41 heavy (non-hydrogen) atoms. The fourth-order valence-electron chi connectivity index (χ4n) is 6.46. The number of hydrogen-bond donors (Lipinski definition) is 4. The van der Waals surface area contributed by atoms with Crippen LogP contribution in [0.3, 0.4) is 0 Å². The molecule has 2 fully saturated rings. The van der Waals surface area contributed by atoms with Crippen LogP contribution in [-0.4, -0.2) is 73.0 Å². The van der Waals surface area contributed by atoms with Crippen molar-refractivity contribution in [2.75, 3.05) is 45.4 Å². The molecule has 2 heterocycles. The van der Waals surface area contributed by atoms with Crippen molar-refractivity contribution in [2.24, 2.45) is 0 Å². The predicted octanol–water partition coefficient (Wildman–Crippen LogP) is 5.70. The van der Waals surface area contributed by atoms with Crippen molar-refractivity contribution in [2.45, 2.75) is 69.1 Å². The molecule has 0 bridgehead atoms. The van der Waals surface area contributed by atoms with Gasteiger partial charge in [0.1, 0.15) is 0 Å². The summed E-state index contributed by atoms with van der Waals surface area (Å²) >= 11 is 0. The summed E-state index contributed by atoms with van der Waals surface area (Å²) < 4.78 is 0. The molecule has 5 rings (SSSR count). The summed E-state index contributed by atoms with van der Waals surface area (Å²) in [5.74, 6) is 0. The van der Waals surface area contributed by atoms with E-state index in [9.17, 15) is 0 Å². The predicted molar refractivity (Wildman–Crippen MR) is 181 cm³/mol. The quantitative estimate of drug-likeness (QED) is 0.191. The normalized spacial score (nSPS) is 26.2. The van der Waals surface area contributed by atoms with Gasteiger partial charge in [0.25, 0.3) is 0 Å². The van der Waals surface area contributed by atoms with Gasteiger partial charge in [0.2, 0.25) is 0 Å². The zero-order chi connectivity index (χ0) is 28.8. The van der Waals surface area contributed by atoms with E-state index >= 15 is 0 Å². The van der Waals surface area contributed by atoms with Crippen LogP contribution in [0, 0.1) is 6.42 Å². The van der Waals surface area contributed by atoms with Crippen molar-refractivity contribution in [3.05, 3.63) is 95.5 Å². The molecule has 1 aromatic carbocycles. The molecule has 226 valence electrons. The molecule has 0 spiro atoms. The minimum atomic E-state index is -0.254. The fraction of sp³-hybridized carbons (Fsp3) is 0.529. The van der Waals surface area contributed by atoms with Gasteiger partial charge in [-0.1, -0.05) is 67.2 Å². The van der Waals surface area contributed by atoms with Crippen molar-refractivity contribution in [1.29, 1.82) is 0 Å². The van der Waals surface area contributed by atoms with E-state index < -0.39 is 0 Å². The molecule has 2 saturated heterocycles. The van der Waals surface area contributed by atoms with Gasteiger partial charge in [-0.25, -0.2) is 12.1 Å². The molecule has 0 saturated carbocycles. The van der Waals surface area contributed by atoms with Crippen LogP contribution in [0.4, 0.5) is 0 Å². The molecule has 1 aromatic rings. The van der Waals surface area contributed by atoms with Crippen LogP contribution in [0.25, 0.3) is 0 Å². The zero-order valence-corrected chi connectivity index (χ0v) is 29.1. The second kappa shape index (κ2) is 15.2. The van der Waals surface area contributed by atoms with Gasteiger partial charge in [0.15, 0.2) is 0 Å². The number of hydrogen-bond acceptors (Lipinski definition) is 4. The fourth-order valence-corrected chi connectivity index (χ4v) is 10.8. The molecule has 0 radical (unpaired) electrons. The van der Waals surface area contributed by atoms with Gasteiger partial charge < -0.3 is 21.3 Å². The monoisotopic (exact) mass is 634 g/mol. The maximum Gasteiger partial charge on any atom is 2.00 e. The first-order valence-corrected chi connectivity index (χ1v) is 17.1. The van der Waals surface area contributed by atoms with Crippen LogP contribution in [-0.2, 0) is 17.1 Å². The van der Waals surface area contributed by atoms with Crippen LogP contribution >= 0.6 is 17.2 Å². The van der Waals surface area contributed by atoms with E-state index in [1.165, 1.54) is 22.3 Å². The van der Waals surface area contributed by atoms with Gasteiger partial charge in [-0.05, 0) is 27.6 Å². The third kappa shape index (κ3) is 8.84. The number of allylic oxidation sites excluding steroid dienone is 9. The number of piperazine rings is 2. The Labute approximate surface area is 264 Å². The largest absolute Gasteiger partial charge is 2.00 e. The zero-order valence-electron chi connectivity index (χ0n) is 25.9. The molecule has 3 atom stereocenters. The molecule has 2 aliphatic carbocycles. The second-order valence-electron chi connectivity index (χ2n) is 13.3. The Hall–Kier alpha value is -0.861. The van der Waals surface area contributed by atoms with E-state index in [0.29, 0.717) is 12.1 Å². The Bertz CT molecular complexity index is 1060. The van der Waals surface area contributed by atoms with E-state index in [0.717, 1.165) is 45.4 Å². The van der Waals surface area contributed by atoms with E-state index in [4.69, 9.17) is 0 Å². The number of rotatable bonds is 5. The van der Waals surface area contributed by atoms with E-state index in [-0.39, 0.29) is 40.5 Å². The average Bonchev–Trinajstić information content (AvgIpc) is 3.66. The third-order valence-corrected chi connectivity index (χ3v) is 13.3. The van der Waals surface area contributed by atoms with E-state index in [2.05, 4.69) is 115 Å². The van der Waals surface area contributed by atoms with Gasteiger partial charge in [0.05, 0.1) is 0 Å². The molecule has 3 unspecified atom stereocenters. The minimum absolute atomic E-state index is 0. The second-order valence-corrected chi connectivity index (χ2v) is 18.1. The summed E-state index contributed by atoms with van der Waals surface area (Å²) in [7, 11) is 3.12. The van der Waals surface area contributed by atoms with Gasteiger partial charge in [-0.3, -0.25) is 0 Å². The van der Waals surface area contributed by atoms with Crippen LogP contribution < -0.4 is 21.3 Å². The summed E-state index contributed by atoms with van der Waals surface area (Å²) in [6.07, 6.45) is 17.1. The van der Waals surface area contributed by atoms with Gasteiger partial charge in [-0.2, -0.15) is 18.2 Å². The van der Waals surface area contributed by atoms with Crippen LogP contribution in [0.15, 0.2) is 89.1 Å². The average molecular weight is 635 g/mol. The first-order valence-electron chi connectivity index (χ1n) is 15.0. The molecule has 0 amide bonds. The Morgan fingerprint density at radius 3 is 1.85 bits per heavy atom. The Kier molecular flexibility index (Phi) is 12.9. The molecule has 0 aromatic heterocycles. The summed E-state index contributed by atoms with van der Waals surface area (Å²) in [5, 5.41) is 15.6. The smallest absolute Gasteiger partial charge is 0.314 e. The SMILES string of the molecule is CC(C)(C)P(CC1=CC(=C2C=CC=C[CH-]2)C=C1C(P)(C1CNCCN1)C1CNCCN1)C(C)(C)C.[Fe+2].c1cc[cH-]c1. The molecule has 7 heteroatoms. The van der Waals surface area contributed by atoms with Crippen LogP contribution in [0.5, 0.6) is 0 Å². The molecular weight excluding hydrogens is 582 g/mol. The van der Waals surface area contributed by atoms with Crippen LogP contribution in [0.2, 0.25) is 0 Å². The number of nitrogens with one attached hydrogen (secondary N) is 4. The molecule has 4 nitrogen and oxygen atoms in total. The Morgan fingerprint density at radius 1 is 0.854 bits per heavy atom. The standard InChI is InChI=1S/C29H47N4P2.C5H5.Fe/c1-27(2,3)35(28(4,5)6)20-23-16-22(21-10-8-7-9-11-21)17-24(23)29(34,25-18-30-12-14-32-25)26-19-31-13-15-33-26;1-2-4-5-3-1;/h7-11,16-17,25-26,30-33H,12-15,18-20,34H2,1-6H3;1-5H;/q2*-1;+2. The topological polar surface area (TPSA) is 48.1 Å². The van der Waals surface area contributed by atoms with Crippen molar-refractivity contribution in [3.8, 4) is 0 Å². The van der Waals surface area contributed by atoms with Crippen molar-refractivity contribution < 1.29 is 17.1 Å². The van der Waals surface area contributed by atoms with Crippen molar-refractivity contribution >= 4 is 17.2 Å². The van der Waals surface area contributed by atoms with Gasteiger partial charge >= 0.3 is 17.1 Å². The van der Waals surface area contributed by atoms with E-state index in [1.54, 1.807) is 0 Å². The minimum Gasteiger partial charge on any atom is -0.314 e. The maximum absolute atomic E-state index is 3.90. The first-order chi connectivity index (χ1) is 19.0. The van der Waals surface area contributed by atoms with Crippen molar-refractivity contribution in [1.82, 2.24) is 21.3 Å². The third-order valence-electron chi connectivity index (χ3n) is 8.29. The first kappa shape index (κ1) is 34.6. The van der Waals surface area contributed by atoms with Gasteiger partial charge in [0, 0.05) is 56.5 Å². The summed E-state index contributed by atoms with van der Waals surface area (Å²) in [6.45, 7) is 20.7. The summed E-state index contributed by atoms with van der Waals surface area (Å²) in [6, 6.07) is 10.7. The van der Waals surface area contributed by atoms with E-state index in [1.807, 2.05) is 30.3 Å². The maximum atomic E-state index is 3.90. The summed E-state index contributed by atoms with van der Waals surface area (Å²) in [4.78, 5) is 0.